The summed E-state index contributed by atoms with van der Waals surface area (Å²) < 4.78 is 1.99. The largest absolute Gasteiger partial charge is 0.368 e. The van der Waals surface area contributed by atoms with Crippen molar-refractivity contribution in [3.05, 3.63) is 95.9 Å². The molecule has 156 valence electrons. The molecule has 2 aromatic heterocycles. The van der Waals surface area contributed by atoms with Gasteiger partial charge in [-0.05, 0) is 42.4 Å². The summed E-state index contributed by atoms with van der Waals surface area (Å²) in [5.74, 6) is -0.0651. The predicted molar refractivity (Wildman–Crippen MR) is 124 cm³/mol. The number of hydrogen-bond donors (Lipinski definition) is 1. The first-order chi connectivity index (χ1) is 15.1. The van der Waals surface area contributed by atoms with E-state index in [9.17, 15) is 4.79 Å². The molecule has 5 heterocycles. The molecular formula is C25H25N5O. The number of hydrogen-bond acceptors (Lipinski definition) is 4. The van der Waals surface area contributed by atoms with Gasteiger partial charge in [-0.3, -0.25) is 9.69 Å². The van der Waals surface area contributed by atoms with Gasteiger partial charge in [0.1, 0.15) is 5.65 Å². The van der Waals surface area contributed by atoms with Crippen LogP contribution in [0.25, 0.3) is 17.3 Å². The average molecular weight is 412 g/mol. The highest BCUT2D eigenvalue weighted by Gasteiger charge is 2.21. The summed E-state index contributed by atoms with van der Waals surface area (Å²) in [5, 5.41) is 3.37. The molecule has 2 aromatic rings. The van der Waals surface area contributed by atoms with Crippen molar-refractivity contribution in [1.29, 1.82) is 0 Å². The van der Waals surface area contributed by atoms with Gasteiger partial charge in [0.25, 0.3) is 5.91 Å². The van der Waals surface area contributed by atoms with Gasteiger partial charge in [0.05, 0.1) is 11.4 Å². The minimum Gasteiger partial charge on any atom is -0.368 e. The van der Waals surface area contributed by atoms with Gasteiger partial charge in [-0.15, -0.1) is 0 Å². The third kappa shape index (κ3) is 3.66. The molecule has 0 aromatic carbocycles. The van der Waals surface area contributed by atoms with Crippen molar-refractivity contribution in [3.63, 3.8) is 0 Å². The number of carbonyl (C=O) groups excluding carboxylic acids is 1. The highest BCUT2D eigenvalue weighted by molar-refractivity contribution is 6.00. The summed E-state index contributed by atoms with van der Waals surface area (Å²) >= 11 is 0. The predicted octanol–water partition coefficient (Wildman–Crippen LogP) is 3.27. The smallest absolute Gasteiger partial charge is 0.255 e. The number of aromatic nitrogens is 2. The Bertz CT molecular complexity index is 1220. The van der Waals surface area contributed by atoms with Crippen molar-refractivity contribution in [2.45, 2.75) is 6.92 Å². The van der Waals surface area contributed by atoms with Crippen molar-refractivity contribution >= 4 is 23.2 Å². The Morgan fingerprint density at radius 3 is 2.74 bits per heavy atom. The van der Waals surface area contributed by atoms with Crippen molar-refractivity contribution in [3.8, 4) is 0 Å². The Morgan fingerprint density at radius 2 is 1.94 bits per heavy atom. The fourth-order valence-electron chi connectivity index (χ4n) is 4.17. The highest BCUT2D eigenvalue weighted by Crippen LogP contribution is 2.26. The average Bonchev–Trinajstić information content (AvgIpc) is 3.17. The first-order valence-corrected chi connectivity index (χ1v) is 10.5. The third-order valence-electron chi connectivity index (χ3n) is 5.76. The fraction of sp³-hybridized carbons (Fsp3) is 0.200. The summed E-state index contributed by atoms with van der Waals surface area (Å²) in [7, 11) is 0. The van der Waals surface area contributed by atoms with Crippen LogP contribution in [0.1, 0.15) is 16.8 Å². The number of allylic oxidation sites excluding steroid dienone is 6. The van der Waals surface area contributed by atoms with E-state index in [4.69, 9.17) is 0 Å². The third-order valence-corrected chi connectivity index (χ3v) is 5.76. The minimum atomic E-state index is -0.0651. The lowest BCUT2D eigenvalue weighted by atomic mass is 10.0. The van der Waals surface area contributed by atoms with E-state index < -0.39 is 0 Å². The number of nitrogens with one attached hydrogen (secondary N) is 1. The Morgan fingerprint density at radius 1 is 1.13 bits per heavy atom. The topological polar surface area (TPSA) is 52.9 Å². The van der Waals surface area contributed by atoms with Gasteiger partial charge in [-0.1, -0.05) is 24.8 Å². The van der Waals surface area contributed by atoms with Gasteiger partial charge in [0, 0.05) is 62.1 Å². The lowest BCUT2D eigenvalue weighted by molar-refractivity contribution is -0.122. The summed E-state index contributed by atoms with van der Waals surface area (Å²) in [6.45, 7) is 9.68. The van der Waals surface area contributed by atoms with Crippen molar-refractivity contribution in [2.75, 3.05) is 26.2 Å². The molecular weight excluding hydrogens is 386 g/mol. The molecule has 1 N–H and O–H groups in total. The molecule has 0 aliphatic carbocycles. The molecule has 6 heteroatoms. The molecule has 0 bridgehead atoms. The summed E-state index contributed by atoms with van der Waals surface area (Å²) in [5.41, 5.74) is 6.47. The lowest BCUT2D eigenvalue weighted by Crippen LogP contribution is -2.43. The normalized spacial score (nSPS) is 23.3. The standard InChI is InChI=1S/C25H25N5O/c1-3-19-13-21(16-29-15-18(2)27-25(19)29)20-5-4-6-22-7-8-23(17-30(22)24(31)14-20)28-11-9-26-10-12-28/h3-8,13-17,26H,1,9-12H2,2H3/b5-4+,20-14+,22-6+. The monoisotopic (exact) mass is 411 g/mol. The maximum atomic E-state index is 13.3. The molecule has 0 radical (unpaired) electrons. The van der Waals surface area contributed by atoms with Crippen molar-refractivity contribution < 1.29 is 4.79 Å². The molecule has 5 rings (SSSR count). The van der Waals surface area contributed by atoms with Crippen LogP contribution in [0.15, 0.2) is 79.1 Å². The van der Waals surface area contributed by atoms with E-state index in [0.717, 1.165) is 65.6 Å². The summed E-state index contributed by atoms with van der Waals surface area (Å²) in [4.78, 5) is 21.9. The maximum Gasteiger partial charge on any atom is 0.255 e. The second kappa shape index (κ2) is 7.89. The van der Waals surface area contributed by atoms with E-state index >= 15 is 0 Å². The minimum absolute atomic E-state index is 0.0651. The lowest BCUT2D eigenvalue weighted by Gasteiger charge is -2.33. The van der Waals surface area contributed by atoms with Crippen LogP contribution in [-0.4, -0.2) is 51.3 Å². The number of amides is 1. The first-order valence-electron chi connectivity index (χ1n) is 10.5. The number of aryl methyl sites for hydroxylation is 1. The molecule has 0 atom stereocenters. The quantitative estimate of drug-likeness (QED) is 0.842. The molecule has 1 amide bonds. The Labute approximate surface area is 181 Å². The van der Waals surface area contributed by atoms with Gasteiger partial charge in [0.2, 0.25) is 0 Å². The van der Waals surface area contributed by atoms with E-state index in [2.05, 4.69) is 27.9 Å². The van der Waals surface area contributed by atoms with Gasteiger partial charge in [-0.25, -0.2) is 4.98 Å². The number of pyridine rings is 1. The van der Waals surface area contributed by atoms with Crippen LogP contribution in [0, 0.1) is 6.92 Å². The highest BCUT2D eigenvalue weighted by atomic mass is 16.2. The molecule has 0 unspecified atom stereocenters. The van der Waals surface area contributed by atoms with Crippen LogP contribution in [0.2, 0.25) is 0 Å². The second-order valence-electron chi connectivity index (χ2n) is 7.88. The number of nitrogens with zero attached hydrogens (tertiary/aromatic N) is 4. The number of piperazine rings is 1. The molecule has 0 spiro atoms. The number of fused-ring (bicyclic) bond motifs is 2. The van der Waals surface area contributed by atoms with E-state index in [1.165, 1.54) is 0 Å². The first kappa shape index (κ1) is 19.3. The van der Waals surface area contributed by atoms with Crippen molar-refractivity contribution in [1.82, 2.24) is 24.5 Å². The van der Waals surface area contributed by atoms with E-state index in [1.807, 2.05) is 60.3 Å². The summed E-state index contributed by atoms with van der Waals surface area (Å²) in [6, 6.07) is 2.03. The Kier molecular flexibility index (Phi) is 4.92. The van der Waals surface area contributed by atoms with Crippen LogP contribution in [0.4, 0.5) is 0 Å². The van der Waals surface area contributed by atoms with Gasteiger partial charge in [-0.2, -0.15) is 0 Å². The number of imidazole rings is 1. The second-order valence-corrected chi connectivity index (χ2v) is 7.88. The molecule has 3 aliphatic heterocycles. The van der Waals surface area contributed by atoms with Crippen molar-refractivity contribution in [2.24, 2.45) is 0 Å². The van der Waals surface area contributed by atoms with E-state index in [-0.39, 0.29) is 5.91 Å². The zero-order valence-corrected chi connectivity index (χ0v) is 17.6. The van der Waals surface area contributed by atoms with Crippen LogP contribution in [-0.2, 0) is 4.79 Å². The van der Waals surface area contributed by atoms with Gasteiger partial charge in [0.15, 0.2) is 0 Å². The number of rotatable bonds is 3. The molecule has 31 heavy (non-hydrogen) atoms. The van der Waals surface area contributed by atoms with E-state index in [0.29, 0.717) is 0 Å². The molecule has 1 saturated heterocycles. The Hall–Kier alpha value is -3.64. The fourth-order valence-corrected chi connectivity index (χ4v) is 4.17. The maximum absolute atomic E-state index is 13.3. The van der Waals surface area contributed by atoms with Crippen LogP contribution in [0.3, 0.4) is 0 Å². The Balaban J connectivity index is 1.52. The molecule has 0 saturated carbocycles. The number of carbonyl (C=O) groups is 1. The zero-order chi connectivity index (χ0) is 21.4. The zero-order valence-electron chi connectivity index (χ0n) is 17.6. The van der Waals surface area contributed by atoms with E-state index in [1.54, 1.807) is 17.1 Å². The van der Waals surface area contributed by atoms with Gasteiger partial charge < -0.3 is 14.6 Å². The summed E-state index contributed by atoms with van der Waals surface area (Å²) in [6.07, 6.45) is 19.5. The van der Waals surface area contributed by atoms with Crippen LogP contribution >= 0.6 is 0 Å². The van der Waals surface area contributed by atoms with Gasteiger partial charge >= 0.3 is 0 Å². The molecule has 3 aliphatic rings. The molecule has 1 fully saturated rings. The SMILES string of the molecule is C=Cc1cc(C2=C\C(=O)N3C=C(N4CCNCC4)C=C\C3=C/C=C/2)cn2cc(C)nc12. The molecule has 6 nitrogen and oxygen atoms in total. The van der Waals surface area contributed by atoms with Crippen LogP contribution < -0.4 is 5.32 Å². The van der Waals surface area contributed by atoms with Crippen LogP contribution in [0.5, 0.6) is 0 Å².